The van der Waals surface area contributed by atoms with Crippen LogP contribution in [0.15, 0.2) is 48.7 Å². The summed E-state index contributed by atoms with van der Waals surface area (Å²) in [5.74, 6) is 0.173. The van der Waals surface area contributed by atoms with E-state index in [0.717, 1.165) is 36.9 Å². The molecule has 3 rings (SSSR count). The molecule has 0 saturated heterocycles. The maximum atomic E-state index is 12.4. The highest BCUT2D eigenvalue weighted by molar-refractivity contribution is 5.81. The van der Waals surface area contributed by atoms with E-state index in [1.807, 2.05) is 37.3 Å². The Bertz CT molecular complexity index is 751. The Morgan fingerprint density at radius 1 is 0.889 bits per heavy atom. The van der Waals surface area contributed by atoms with Crippen LogP contribution in [0.3, 0.4) is 0 Å². The molecule has 1 saturated carbocycles. The quantitative estimate of drug-likeness (QED) is 0.826. The number of carbonyl (C=O) groups is 2. The van der Waals surface area contributed by atoms with Crippen LogP contribution in [0.2, 0.25) is 0 Å². The summed E-state index contributed by atoms with van der Waals surface area (Å²) in [5.41, 5.74) is 3.18. The molecule has 0 radical (unpaired) electrons. The Labute approximate surface area is 160 Å². The second-order valence-corrected chi connectivity index (χ2v) is 7.29. The van der Waals surface area contributed by atoms with Crippen LogP contribution in [0.4, 0.5) is 0 Å². The molecule has 0 bridgehead atoms. The first-order chi connectivity index (χ1) is 13.1. The first kappa shape index (κ1) is 19.1. The van der Waals surface area contributed by atoms with Gasteiger partial charge in [-0.15, -0.1) is 0 Å². The fraction of sp³-hybridized carbons (Fsp3) is 0.409. The van der Waals surface area contributed by atoms with Crippen LogP contribution in [0.5, 0.6) is 0 Å². The largest absolute Gasteiger partial charge is 0.352 e. The van der Waals surface area contributed by atoms with Crippen molar-refractivity contribution < 1.29 is 9.59 Å². The van der Waals surface area contributed by atoms with Crippen molar-refractivity contribution in [1.82, 2.24) is 15.6 Å². The first-order valence-corrected chi connectivity index (χ1v) is 9.62. The van der Waals surface area contributed by atoms with Crippen molar-refractivity contribution in [2.24, 2.45) is 11.8 Å². The number of benzene rings is 1. The fourth-order valence-corrected chi connectivity index (χ4v) is 3.48. The molecule has 2 N–H and O–H groups in total. The highest BCUT2D eigenvalue weighted by Gasteiger charge is 2.29. The van der Waals surface area contributed by atoms with E-state index < -0.39 is 0 Å². The summed E-state index contributed by atoms with van der Waals surface area (Å²) in [5, 5.41) is 5.99. The average Bonchev–Trinajstić information content (AvgIpc) is 2.72. The zero-order valence-electron chi connectivity index (χ0n) is 15.8. The highest BCUT2D eigenvalue weighted by Crippen LogP contribution is 2.29. The topological polar surface area (TPSA) is 71.1 Å². The number of hydrogen-bond donors (Lipinski definition) is 2. The lowest BCUT2D eigenvalue weighted by atomic mass is 9.81. The van der Waals surface area contributed by atoms with Crippen molar-refractivity contribution in [1.29, 1.82) is 0 Å². The van der Waals surface area contributed by atoms with Crippen LogP contribution >= 0.6 is 0 Å². The van der Waals surface area contributed by atoms with E-state index in [4.69, 9.17) is 0 Å². The zero-order chi connectivity index (χ0) is 19.1. The minimum Gasteiger partial charge on any atom is -0.352 e. The molecule has 0 atom stereocenters. The van der Waals surface area contributed by atoms with Crippen molar-refractivity contribution in [3.8, 4) is 0 Å². The number of aryl methyl sites for hydroxylation is 1. The number of rotatable bonds is 6. The minimum absolute atomic E-state index is 0.00476. The maximum absolute atomic E-state index is 12.4. The predicted molar refractivity (Wildman–Crippen MR) is 105 cm³/mol. The Balaban J connectivity index is 1.39. The summed E-state index contributed by atoms with van der Waals surface area (Å²) in [6.45, 7) is 3.06. The Kier molecular flexibility index (Phi) is 6.58. The lowest BCUT2D eigenvalue weighted by Gasteiger charge is -2.27. The molecule has 1 aliphatic rings. The molecule has 2 amide bonds. The lowest BCUT2D eigenvalue weighted by Crippen LogP contribution is -2.37. The van der Waals surface area contributed by atoms with Crippen LogP contribution < -0.4 is 10.6 Å². The van der Waals surface area contributed by atoms with Crippen molar-refractivity contribution in [2.75, 3.05) is 0 Å². The van der Waals surface area contributed by atoms with Gasteiger partial charge in [0.1, 0.15) is 0 Å². The number of hydrogen-bond acceptors (Lipinski definition) is 3. The molecule has 0 spiro atoms. The monoisotopic (exact) mass is 365 g/mol. The summed E-state index contributed by atoms with van der Waals surface area (Å²) in [6.07, 6.45) is 4.78. The van der Waals surface area contributed by atoms with E-state index in [2.05, 4.69) is 27.8 Å². The van der Waals surface area contributed by atoms with Gasteiger partial charge >= 0.3 is 0 Å². The first-order valence-electron chi connectivity index (χ1n) is 9.62. The van der Waals surface area contributed by atoms with Gasteiger partial charge in [0.15, 0.2) is 0 Å². The summed E-state index contributed by atoms with van der Waals surface area (Å²) < 4.78 is 0. The zero-order valence-corrected chi connectivity index (χ0v) is 15.8. The molecule has 27 heavy (non-hydrogen) atoms. The van der Waals surface area contributed by atoms with Crippen molar-refractivity contribution in [3.05, 3.63) is 65.5 Å². The van der Waals surface area contributed by atoms with Crippen LogP contribution in [0.25, 0.3) is 0 Å². The molecule has 0 unspecified atom stereocenters. The van der Waals surface area contributed by atoms with Crippen molar-refractivity contribution in [2.45, 2.75) is 45.7 Å². The van der Waals surface area contributed by atoms with Gasteiger partial charge < -0.3 is 10.6 Å². The number of nitrogens with zero attached hydrogens (tertiary/aromatic N) is 1. The molecule has 1 heterocycles. The van der Waals surface area contributed by atoms with E-state index in [1.54, 1.807) is 6.20 Å². The van der Waals surface area contributed by atoms with Gasteiger partial charge in [0.25, 0.3) is 0 Å². The number of nitrogens with one attached hydrogen (secondary N) is 2. The van der Waals surface area contributed by atoms with E-state index in [0.29, 0.717) is 13.1 Å². The normalized spacial score (nSPS) is 19.3. The smallest absolute Gasteiger partial charge is 0.223 e. The van der Waals surface area contributed by atoms with Crippen LogP contribution in [0.1, 0.15) is 42.5 Å². The number of amides is 2. The molecule has 1 aromatic carbocycles. The standard InChI is InChI=1S/C22H27N3O2/c1-16-5-7-17(8-6-16)14-24-21(26)18-9-11-19(12-10-18)22(27)25-15-20-4-2-3-13-23-20/h2-8,13,18-19H,9-12,14-15H2,1H3,(H,24,26)(H,25,27). The SMILES string of the molecule is Cc1ccc(CNC(=O)C2CCC(C(=O)NCc3ccccn3)CC2)cc1. The second-order valence-electron chi connectivity index (χ2n) is 7.29. The van der Waals surface area contributed by atoms with Gasteiger partial charge in [-0.05, 0) is 50.3 Å². The third-order valence-electron chi connectivity index (χ3n) is 5.23. The summed E-state index contributed by atoms with van der Waals surface area (Å²) >= 11 is 0. The number of carbonyl (C=O) groups excluding carboxylic acids is 2. The third-order valence-corrected chi connectivity index (χ3v) is 5.23. The molecule has 2 aromatic rings. The van der Waals surface area contributed by atoms with E-state index in [-0.39, 0.29) is 23.7 Å². The number of pyridine rings is 1. The molecular formula is C22H27N3O2. The predicted octanol–water partition coefficient (Wildman–Crippen LogP) is 3.13. The minimum atomic E-state index is -0.00476. The van der Waals surface area contributed by atoms with Gasteiger partial charge in [-0.3, -0.25) is 14.6 Å². The van der Waals surface area contributed by atoms with Gasteiger partial charge in [0.2, 0.25) is 11.8 Å². The van der Waals surface area contributed by atoms with Gasteiger partial charge in [-0.25, -0.2) is 0 Å². The number of aromatic nitrogens is 1. The molecule has 1 aromatic heterocycles. The summed E-state index contributed by atoms with van der Waals surface area (Å²) in [6, 6.07) is 13.9. The molecule has 0 aliphatic heterocycles. The molecule has 5 heteroatoms. The van der Waals surface area contributed by atoms with Gasteiger partial charge in [-0.2, -0.15) is 0 Å². The van der Waals surface area contributed by atoms with Crippen LogP contribution in [-0.4, -0.2) is 16.8 Å². The molecule has 1 fully saturated rings. The van der Waals surface area contributed by atoms with E-state index in [1.165, 1.54) is 5.56 Å². The second kappa shape index (κ2) is 9.31. The van der Waals surface area contributed by atoms with Gasteiger partial charge in [-0.1, -0.05) is 35.9 Å². The van der Waals surface area contributed by atoms with Gasteiger partial charge in [0, 0.05) is 24.6 Å². The van der Waals surface area contributed by atoms with Crippen LogP contribution in [0, 0.1) is 18.8 Å². The molecule has 5 nitrogen and oxygen atoms in total. The summed E-state index contributed by atoms with van der Waals surface area (Å²) in [4.78, 5) is 29.0. The van der Waals surface area contributed by atoms with E-state index in [9.17, 15) is 9.59 Å². The Morgan fingerprint density at radius 3 is 2.04 bits per heavy atom. The molecular weight excluding hydrogens is 338 g/mol. The lowest BCUT2D eigenvalue weighted by molar-refractivity contribution is -0.130. The van der Waals surface area contributed by atoms with Crippen LogP contribution in [-0.2, 0) is 22.7 Å². The Hall–Kier alpha value is -2.69. The van der Waals surface area contributed by atoms with E-state index >= 15 is 0 Å². The average molecular weight is 365 g/mol. The molecule has 142 valence electrons. The molecule has 1 aliphatic carbocycles. The fourth-order valence-electron chi connectivity index (χ4n) is 3.48. The highest BCUT2D eigenvalue weighted by atomic mass is 16.2. The van der Waals surface area contributed by atoms with Crippen molar-refractivity contribution >= 4 is 11.8 Å². The third kappa shape index (κ3) is 5.64. The van der Waals surface area contributed by atoms with Crippen molar-refractivity contribution in [3.63, 3.8) is 0 Å². The van der Waals surface area contributed by atoms with Gasteiger partial charge in [0.05, 0.1) is 12.2 Å². The maximum Gasteiger partial charge on any atom is 0.223 e. The summed E-state index contributed by atoms with van der Waals surface area (Å²) in [7, 11) is 0. The Morgan fingerprint density at radius 2 is 1.48 bits per heavy atom.